The van der Waals surface area contributed by atoms with Crippen molar-refractivity contribution in [1.29, 1.82) is 0 Å². The van der Waals surface area contributed by atoms with Gasteiger partial charge in [0.05, 0.1) is 0 Å². The molecule has 3 aromatic rings. The Morgan fingerprint density at radius 1 is 1.24 bits per heavy atom. The lowest BCUT2D eigenvalue weighted by Gasteiger charge is -2.28. The second-order valence-electron chi connectivity index (χ2n) is 5.58. The molecule has 0 fully saturated rings. The third-order valence-electron chi connectivity index (χ3n) is 4.13. The first-order valence-electron chi connectivity index (χ1n) is 7.18. The van der Waals surface area contributed by atoms with Crippen LogP contribution in [0.5, 0.6) is 0 Å². The van der Waals surface area contributed by atoms with E-state index in [-0.39, 0.29) is 5.82 Å². The van der Waals surface area contributed by atoms with E-state index in [9.17, 15) is 4.39 Å². The van der Waals surface area contributed by atoms with Gasteiger partial charge in [-0.15, -0.1) is 0 Å². The molecule has 0 amide bonds. The fraction of sp³-hybridized carbons (Fsp3) is 0.235. The molecular formula is C17H16FN3. The molecule has 1 aromatic carbocycles. The average Bonchev–Trinajstić information content (AvgIpc) is 2.84. The number of aromatic nitrogens is 2. The van der Waals surface area contributed by atoms with Gasteiger partial charge in [-0.25, -0.2) is 9.37 Å². The average molecular weight is 281 g/mol. The first kappa shape index (κ1) is 12.4. The Balaban J connectivity index is 1.77. The molecule has 0 saturated carbocycles. The maximum Gasteiger partial charge on any atom is 0.129 e. The smallest absolute Gasteiger partial charge is 0.129 e. The summed E-state index contributed by atoms with van der Waals surface area (Å²) in [6.07, 6.45) is 0.932. The quantitative estimate of drug-likeness (QED) is 0.739. The minimum atomic E-state index is -0.185. The maximum atomic E-state index is 13.5. The minimum Gasteiger partial charge on any atom is -0.358 e. The fourth-order valence-corrected chi connectivity index (χ4v) is 3.09. The van der Waals surface area contributed by atoms with E-state index in [2.05, 4.69) is 14.9 Å². The van der Waals surface area contributed by atoms with Gasteiger partial charge in [0, 0.05) is 47.4 Å². The lowest BCUT2D eigenvalue weighted by molar-refractivity contribution is 0.629. The van der Waals surface area contributed by atoms with Crippen LogP contribution in [0, 0.1) is 12.7 Å². The topological polar surface area (TPSA) is 31.9 Å². The third kappa shape index (κ3) is 2.07. The van der Waals surface area contributed by atoms with E-state index in [0.717, 1.165) is 41.9 Å². The number of aromatic amines is 1. The summed E-state index contributed by atoms with van der Waals surface area (Å²) < 4.78 is 13.5. The highest BCUT2D eigenvalue weighted by atomic mass is 19.1. The van der Waals surface area contributed by atoms with Crippen LogP contribution in [-0.2, 0) is 13.0 Å². The lowest BCUT2D eigenvalue weighted by atomic mass is 10.0. The summed E-state index contributed by atoms with van der Waals surface area (Å²) in [5.41, 5.74) is 4.45. The van der Waals surface area contributed by atoms with Crippen molar-refractivity contribution < 1.29 is 4.39 Å². The number of rotatable bonds is 1. The van der Waals surface area contributed by atoms with Gasteiger partial charge in [-0.3, -0.25) is 0 Å². The number of pyridine rings is 1. The van der Waals surface area contributed by atoms with Crippen LogP contribution in [0.2, 0.25) is 0 Å². The summed E-state index contributed by atoms with van der Waals surface area (Å²) in [6, 6.07) is 11.0. The van der Waals surface area contributed by atoms with Crippen LogP contribution in [0.1, 0.15) is 17.0 Å². The van der Waals surface area contributed by atoms with Gasteiger partial charge in [0.25, 0.3) is 0 Å². The zero-order valence-corrected chi connectivity index (χ0v) is 11.9. The first-order chi connectivity index (χ1) is 10.2. The summed E-state index contributed by atoms with van der Waals surface area (Å²) in [6.45, 7) is 3.70. The van der Waals surface area contributed by atoms with E-state index in [4.69, 9.17) is 0 Å². The van der Waals surface area contributed by atoms with Crippen molar-refractivity contribution in [3.05, 3.63) is 59.2 Å². The second kappa shape index (κ2) is 4.58. The van der Waals surface area contributed by atoms with Crippen molar-refractivity contribution in [3.63, 3.8) is 0 Å². The summed E-state index contributed by atoms with van der Waals surface area (Å²) in [7, 11) is 0. The third-order valence-corrected chi connectivity index (χ3v) is 4.13. The maximum absolute atomic E-state index is 13.5. The van der Waals surface area contributed by atoms with E-state index < -0.39 is 0 Å². The Morgan fingerprint density at radius 3 is 3.00 bits per heavy atom. The molecular weight excluding hydrogens is 265 g/mol. The van der Waals surface area contributed by atoms with Crippen LogP contribution >= 0.6 is 0 Å². The Morgan fingerprint density at radius 2 is 2.14 bits per heavy atom. The summed E-state index contributed by atoms with van der Waals surface area (Å²) in [5.74, 6) is 0.807. The van der Waals surface area contributed by atoms with Crippen molar-refractivity contribution in [1.82, 2.24) is 9.97 Å². The van der Waals surface area contributed by atoms with Crippen molar-refractivity contribution in [2.45, 2.75) is 19.9 Å². The number of hydrogen-bond acceptors (Lipinski definition) is 2. The summed E-state index contributed by atoms with van der Waals surface area (Å²) in [4.78, 5) is 10.3. The normalized spacial score (nSPS) is 14.5. The van der Waals surface area contributed by atoms with Gasteiger partial charge < -0.3 is 9.88 Å². The summed E-state index contributed by atoms with van der Waals surface area (Å²) >= 11 is 0. The fourth-order valence-electron chi connectivity index (χ4n) is 3.09. The number of halogens is 1. The van der Waals surface area contributed by atoms with Crippen LogP contribution in [0.25, 0.3) is 10.9 Å². The standard InChI is InChI=1S/C17H16FN3/c1-11-3-2-4-17(19-11)21-8-7-16-14(10-21)13-9-12(18)5-6-15(13)20-16/h2-6,9,20H,7-8,10H2,1H3. The largest absolute Gasteiger partial charge is 0.358 e. The molecule has 106 valence electrons. The summed E-state index contributed by atoms with van der Waals surface area (Å²) in [5, 5.41) is 0.988. The molecule has 0 radical (unpaired) electrons. The van der Waals surface area contributed by atoms with Crippen molar-refractivity contribution >= 4 is 16.7 Å². The predicted octanol–water partition coefficient (Wildman–Crippen LogP) is 3.57. The zero-order chi connectivity index (χ0) is 14.4. The highest BCUT2D eigenvalue weighted by Gasteiger charge is 2.21. The highest BCUT2D eigenvalue weighted by Crippen LogP contribution is 2.30. The Hall–Kier alpha value is -2.36. The van der Waals surface area contributed by atoms with E-state index in [0.29, 0.717) is 0 Å². The number of anilines is 1. The van der Waals surface area contributed by atoms with Gasteiger partial charge in [-0.1, -0.05) is 6.07 Å². The lowest BCUT2D eigenvalue weighted by Crippen LogP contribution is -2.30. The molecule has 3 heterocycles. The van der Waals surface area contributed by atoms with Crippen molar-refractivity contribution in [2.75, 3.05) is 11.4 Å². The van der Waals surface area contributed by atoms with Crippen LogP contribution in [-0.4, -0.2) is 16.5 Å². The molecule has 0 unspecified atom stereocenters. The monoisotopic (exact) mass is 281 g/mol. The van der Waals surface area contributed by atoms with E-state index in [1.807, 2.05) is 31.2 Å². The number of hydrogen-bond donors (Lipinski definition) is 1. The van der Waals surface area contributed by atoms with Crippen LogP contribution in [0.4, 0.5) is 10.2 Å². The van der Waals surface area contributed by atoms with Gasteiger partial charge in [0.15, 0.2) is 0 Å². The van der Waals surface area contributed by atoms with Gasteiger partial charge in [-0.2, -0.15) is 0 Å². The molecule has 1 aliphatic rings. The Kier molecular flexibility index (Phi) is 2.70. The minimum absolute atomic E-state index is 0.185. The number of fused-ring (bicyclic) bond motifs is 3. The molecule has 0 spiro atoms. The van der Waals surface area contributed by atoms with Gasteiger partial charge in [0.1, 0.15) is 11.6 Å². The number of nitrogens with one attached hydrogen (secondary N) is 1. The number of H-pyrrole nitrogens is 1. The molecule has 4 heteroatoms. The van der Waals surface area contributed by atoms with Gasteiger partial charge in [0.2, 0.25) is 0 Å². The number of benzene rings is 1. The SMILES string of the molecule is Cc1cccc(N2CCc3[nH]c4ccc(F)cc4c3C2)n1. The molecule has 0 saturated heterocycles. The van der Waals surface area contributed by atoms with Crippen LogP contribution < -0.4 is 4.90 Å². The highest BCUT2D eigenvalue weighted by molar-refractivity contribution is 5.85. The number of nitrogens with zero attached hydrogens (tertiary/aromatic N) is 2. The molecule has 1 N–H and O–H groups in total. The number of aryl methyl sites for hydroxylation is 1. The second-order valence-corrected chi connectivity index (χ2v) is 5.58. The Bertz CT molecular complexity index is 822. The van der Waals surface area contributed by atoms with Crippen molar-refractivity contribution in [2.24, 2.45) is 0 Å². The Labute approximate surface area is 122 Å². The van der Waals surface area contributed by atoms with Gasteiger partial charge >= 0.3 is 0 Å². The first-order valence-corrected chi connectivity index (χ1v) is 7.18. The molecule has 3 nitrogen and oxygen atoms in total. The molecule has 0 aliphatic carbocycles. The van der Waals surface area contributed by atoms with Gasteiger partial charge in [-0.05, 0) is 37.3 Å². The van der Waals surface area contributed by atoms with E-state index >= 15 is 0 Å². The van der Waals surface area contributed by atoms with Crippen LogP contribution in [0.15, 0.2) is 36.4 Å². The molecule has 4 rings (SSSR count). The molecule has 0 bridgehead atoms. The molecule has 21 heavy (non-hydrogen) atoms. The zero-order valence-electron chi connectivity index (χ0n) is 11.9. The predicted molar refractivity (Wildman–Crippen MR) is 82.0 cm³/mol. The molecule has 2 aromatic heterocycles. The van der Waals surface area contributed by atoms with E-state index in [1.54, 1.807) is 6.07 Å². The van der Waals surface area contributed by atoms with Crippen LogP contribution in [0.3, 0.4) is 0 Å². The van der Waals surface area contributed by atoms with Crippen molar-refractivity contribution in [3.8, 4) is 0 Å². The molecule has 0 atom stereocenters. The van der Waals surface area contributed by atoms with E-state index in [1.165, 1.54) is 17.3 Å². The molecule has 1 aliphatic heterocycles.